The molecule has 68 valence electrons. The predicted octanol–water partition coefficient (Wildman–Crippen LogP) is 0.672. The summed E-state index contributed by atoms with van der Waals surface area (Å²) in [5.74, 6) is -0.254. The minimum atomic E-state index is -0.254. The number of primary amides is 1. The molecule has 1 unspecified atom stereocenters. The highest BCUT2D eigenvalue weighted by Crippen LogP contribution is 1.98. The van der Waals surface area contributed by atoms with Crippen molar-refractivity contribution in [1.29, 1.82) is 0 Å². The summed E-state index contributed by atoms with van der Waals surface area (Å²) in [5, 5.41) is 2.86. The molecule has 0 fully saturated rings. The Labute approximate surface area is 74.1 Å². The molecule has 0 rings (SSSR count). The van der Waals surface area contributed by atoms with Crippen LogP contribution in [0.25, 0.3) is 0 Å². The maximum atomic E-state index is 10.6. The van der Waals surface area contributed by atoms with E-state index in [1.54, 1.807) is 7.05 Å². The summed E-state index contributed by atoms with van der Waals surface area (Å²) in [5.41, 5.74) is 5.09. The molecular formula is C7H17ClN2O. The molecule has 4 heteroatoms. The Morgan fingerprint density at radius 3 is 2.45 bits per heavy atom. The molecule has 3 nitrogen and oxygen atoms in total. The van der Waals surface area contributed by atoms with Crippen molar-refractivity contribution in [1.82, 2.24) is 5.32 Å². The van der Waals surface area contributed by atoms with Crippen molar-refractivity contribution in [2.24, 2.45) is 5.73 Å². The lowest BCUT2D eigenvalue weighted by Gasteiger charge is -2.09. The largest absolute Gasteiger partial charge is 0.368 e. The van der Waals surface area contributed by atoms with Crippen molar-refractivity contribution in [3.05, 3.63) is 0 Å². The van der Waals surface area contributed by atoms with Gasteiger partial charge >= 0.3 is 0 Å². The summed E-state index contributed by atoms with van der Waals surface area (Å²) >= 11 is 0. The van der Waals surface area contributed by atoms with Gasteiger partial charge in [0, 0.05) is 0 Å². The number of likely N-dealkylation sites (N-methyl/N-ethyl adjacent to an activating group) is 1. The van der Waals surface area contributed by atoms with E-state index in [0.717, 1.165) is 19.3 Å². The number of amides is 1. The van der Waals surface area contributed by atoms with Gasteiger partial charge in [0.25, 0.3) is 0 Å². The SMILES string of the molecule is CCCCC(NC)C(N)=O.Cl. The van der Waals surface area contributed by atoms with E-state index in [9.17, 15) is 4.79 Å². The number of halogens is 1. The number of nitrogens with two attached hydrogens (primary N) is 1. The van der Waals surface area contributed by atoms with Crippen LogP contribution in [0.15, 0.2) is 0 Å². The van der Waals surface area contributed by atoms with Gasteiger partial charge in [-0.1, -0.05) is 19.8 Å². The summed E-state index contributed by atoms with van der Waals surface area (Å²) in [6, 6.07) is -0.139. The molecule has 1 atom stereocenters. The van der Waals surface area contributed by atoms with E-state index in [2.05, 4.69) is 12.2 Å². The van der Waals surface area contributed by atoms with Crippen molar-refractivity contribution in [2.45, 2.75) is 32.2 Å². The zero-order valence-electron chi connectivity index (χ0n) is 7.09. The average Bonchev–Trinajstić information content (AvgIpc) is 1.89. The second-order valence-corrected chi connectivity index (χ2v) is 2.39. The lowest BCUT2D eigenvalue weighted by molar-refractivity contribution is -0.120. The monoisotopic (exact) mass is 180 g/mol. The van der Waals surface area contributed by atoms with Crippen molar-refractivity contribution in [3.8, 4) is 0 Å². The summed E-state index contributed by atoms with van der Waals surface area (Å²) in [6.45, 7) is 2.09. The van der Waals surface area contributed by atoms with Gasteiger partial charge in [0.1, 0.15) is 0 Å². The highest BCUT2D eigenvalue weighted by Gasteiger charge is 2.10. The minimum absolute atomic E-state index is 0. The fraction of sp³-hybridized carbons (Fsp3) is 0.857. The highest BCUT2D eigenvalue weighted by atomic mass is 35.5. The molecule has 0 aliphatic rings. The molecule has 0 radical (unpaired) electrons. The van der Waals surface area contributed by atoms with E-state index < -0.39 is 0 Å². The van der Waals surface area contributed by atoms with Gasteiger partial charge in [-0.15, -0.1) is 12.4 Å². The standard InChI is InChI=1S/C7H16N2O.ClH/c1-3-4-5-6(9-2)7(8)10;/h6,9H,3-5H2,1-2H3,(H2,8,10);1H. The second kappa shape index (κ2) is 7.82. The van der Waals surface area contributed by atoms with Crippen LogP contribution in [-0.2, 0) is 4.79 Å². The first-order valence-corrected chi connectivity index (χ1v) is 3.69. The molecule has 1 amide bonds. The van der Waals surface area contributed by atoms with Crippen molar-refractivity contribution >= 4 is 18.3 Å². The van der Waals surface area contributed by atoms with Gasteiger partial charge in [-0.05, 0) is 13.5 Å². The van der Waals surface area contributed by atoms with E-state index in [-0.39, 0.29) is 24.4 Å². The predicted molar refractivity (Wildman–Crippen MR) is 48.8 cm³/mol. The third-order valence-electron chi connectivity index (χ3n) is 1.54. The fourth-order valence-corrected chi connectivity index (χ4v) is 0.837. The Bertz CT molecular complexity index is 109. The molecule has 11 heavy (non-hydrogen) atoms. The average molecular weight is 181 g/mol. The van der Waals surface area contributed by atoms with E-state index in [1.165, 1.54) is 0 Å². The zero-order valence-corrected chi connectivity index (χ0v) is 7.91. The van der Waals surface area contributed by atoms with E-state index in [4.69, 9.17) is 5.73 Å². The van der Waals surface area contributed by atoms with Crippen LogP contribution in [0.1, 0.15) is 26.2 Å². The Hall–Kier alpha value is -0.280. The van der Waals surface area contributed by atoms with Gasteiger partial charge < -0.3 is 11.1 Å². The molecule has 0 aliphatic carbocycles. The molecular weight excluding hydrogens is 164 g/mol. The molecule has 0 saturated heterocycles. The molecule has 0 heterocycles. The third-order valence-corrected chi connectivity index (χ3v) is 1.54. The lowest BCUT2D eigenvalue weighted by Crippen LogP contribution is -2.38. The maximum Gasteiger partial charge on any atom is 0.234 e. The number of hydrogen-bond acceptors (Lipinski definition) is 2. The fourth-order valence-electron chi connectivity index (χ4n) is 0.837. The summed E-state index contributed by atoms with van der Waals surface area (Å²) in [4.78, 5) is 10.6. The van der Waals surface area contributed by atoms with Crippen molar-refractivity contribution in [2.75, 3.05) is 7.05 Å². The quantitative estimate of drug-likeness (QED) is 0.654. The number of hydrogen-bond donors (Lipinski definition) is 2. The maximum absolute atomic E-state index is 10.6. The Morgan fingerprint density at radius 2 is 2.18 bits per heavy atom. The van der Waals surface area contributed by atoms with Gasteiger partial charge in [-0.2, -0.15) is 0 Å². The topological polar surface area (TPSA) is 55.1 Å². The van der Waals surface area contributed by atoms with E-state index >= 15 is 0 Å². The molecule has 0 aromatic carbocycles. The van der Waals surface area contributed by atoms with Crippen LogP contribution in [0.4, 0.5) is 0 Å². The highest BCUT2D eigenvalue weighted by molar-refractivity contribution is 5.85. The van der Waals surface area contributed by atoms with Crippen LogP contribution >= 0.6 is 12.4 Å². The molecule has 0 aromatic rings. The molecule has 3 N–H and O–H groups in total. The van der Waals surface area contributed by atoms with Crippen molar-refractivity contribution in [3.63, 3.8) is 0 Å². The van der Waals surface area contributed by atoms with E-state index in [0.29, 0.717) is 0 Å². The first kappa shape index (κ1) is 13.3. The molecule has 0 aromatic heterocycles. The van der Waals surface area contributed by atoms with Crippen LogP contribution in [0.3, 0.4) is 0 Å². The molecule has 0 bridgehead atoms. The lowest BCUT2D eigenvalue weighted by atomic mass is 10.1. The Kier molecular flexibility index (Phi) is 9.47. The van der Waals surface area contributed by atoms with Gasteiger partial charge in [0.05, 0.1) is 6.04 Å². The van der Waals surface area contributed by atoms with Crippen LogP contribution < -0.4 is 11.1 Å². The number of nitrogens with one attached hydrogen (secondary N) is 1. The Morgan fingerprint density at radius 1 is 1.64 bits per heavy atom. The van der Waals surface area contributed by atoms with Gasteiger partial charge in [0.2, 0.25) is 5.91 Å². The van der Waals surface area contributed by atoms with Gasteiger partial charge in [-0.3, -0.25) is 4.79 Å². The number of unbranched alkanes of at least 4 members (excludes halogenated alkanes) is 1. The van der Waals surface area contributed by atoms with Crippen LogP contribution in [-0.4, -0.2) is 19.0 Å². The molecule has 0 saturated carbocycles. The molecule has 0 aliphatic heterocycles. The van der Waals surface area contributed by atoms with Gasteiger partial charge in [-0.25, -0.2) is 0 Å². The third kappa shape index (κ3) is 6.13. The summed E-state index contributed by atoms with van der Waals surface area (Å²) in [6.07, 6.45) is 3.00. The number of carbonyl (C=O) groups excluding carboxylic acids is 1. The number of carbonyl (C=O) groups is 1. The van der Waals surface area contributed by atoms with Crippen LogP contribution in [0.2, 0.25) is 0 Å². The second-order valence-electron chi connectivity index (χ2n) is 2.39. The number of rotatable bonds is 5. The van der Waals surface area contributed by atoms with Crippen LogP contribution in [0.5, 0.6) is 0 Å². The first-order valence-electron chi connectivity index (χ1n) is 3.69. The summed E-state index contributed by atoms with van der Waals surface area (Å²) in [7, 11) is 1.76. The van der Waals surface area contributed by atoms with Gasteiger partial charge in [0.15, 0.2) is 0 Å². The smallest absolute Gasteiger partial charge is 0.234 e. The summed E-state index contributed by atoms with van der Waals surface area (Å²) < 4.78 is 0. The van der Waals surface area contributed by atoms with E-state index in [1.807, 2.05) is 0 Å². The zero-order chi connectivity index (χ0) is 7.98. The normalized spacial score (nSPS) is 11.8. The minimum Gasteiger partial charge on any atom is -0.368 e. The molecule has 0 spiro atoms. The van der Waals surface area contributed by atoms with Crippen LogP contribution in [0, 0.1) is 0 Å². The first-order chi connectivity index (χ1) is 4.72. The van der Waals surface area contributed by atoms with Crippen molar-refractivity contribution < 1.29 is 4.79 Å². The Balaban J connectivity index is 0.